The maximum atomic E-state index is 12.8. The number of fused-ring (bicyclic) bond motifs is 2. The van der Waals surface area contributed by atoms with Crippen molar-refractivity contribution in [3.63, 3.8) is 0 Å². The fourth-order valence-electron chi connectivity index (χ4n) is 4.52. The zero-order chi connectivity index (χ0) is 15.3. The first-order chi connectivity index (χ1) is 10.6. The highest BCUT2D eigenvalue weighted by molar-refractivity contribution is 5.78. The molecule has 1 fully saturated rings. The highest BCUT2D eigenvalue weighted by atomic mass is 16.1. The van der Waals surface area contributed by atoms with E-state index in [4.69, 9.17) is 4.98 Å². The van der Waals surface area contributed by atoms with Gasteiger partial charge in [-0.1, -0.05) is 44.2 Å². The summed E-state index contributed by atoms with van der Waals surface area (Å²) in [5.41, 5.74) is 2.21. The molecule has 0 saturated heterocycles. The maximum absolute atomic E-state index is 12.8. The molecule has 3 nitrogen and oxygen atoms in total. The molecule has 2 aliphatic rings. The summed E-state index contributed by atoms with van der Waals surface area (Å²) in [6, 6.07) is 6.03. The van der Waals surface area contributed by atoms with E-state index in [1.165, 1.54) is 32.1 Å². The standard InChI is InChI=1S/C19H24N2O/c1-13-7-8-16-15(11-13)17(22)21-10-9-19(2,18(21)20-16)12-14-5-3-4-6-14/h7-8,11,14H,3-6,9-10,12H2,1-2H3. The van der Waals surface area contributed by atoms with Crippen molar-refractivity contribution < 1.29 is 0 Å². The molecule has 0 bridgehead atoms. The van der Waals surface area contributed by atoms with Crippen LogP contribution >= 0.6 is 0 Å². The first-order valence-electron chi connectivity index (χ1n) is 8.58. The second kappa shape index (κ2) is 4.94. The lowest BCUT2D eigenvalue weighted by atomic mass is 9.78. The van der Waals surface area contributed by atoms with Gasteiger partial charge in [-0.15, -0.1) is 0 Å². The smallest absolute Gasteiger partial charge is 0.261 e. The normalized spacial score (nSPS) is 25.0. The molecule has 1 saturated carbocycles. The van der Waals surface area contributed by atoms with Gasteiger partial charge in [-0.2, -0.15) is 0 Å². The largest absolute Gasteiger partial charge is 0.296 e. The molecule has 0 amide bonds. The van der Waals surface area contributed by atoms with Gasteiger partial charge in [0.05, 0.1) is 10.9 Å². The highest BCUT2D eigenvalue weighted by Crippen LogP contribution is 2.42. The van der Waals surface area contributed by atoms with Crippen LogP contribution in [0.4, 0.5) is 0 Å². The zero-order valence-electron chi connectivity index (χ0n) is 13.6. The van der Waals surface area contributed by atoms with Gasteiger partial charge in [-0.3, -0.25) is 9.36 Å². The van der Waals surface area contributed by atoms with Gasteiger partial charge in [0.1, 0.15) is 5.82 Å². The van der Waals surface area contributed by atoms with Crippen molar-refractivity contribution in [2.24, 2.45) is 5.92 Å². The average Bonchev–Trinajstić information content (AvgIpc) is 3.10. The molecule has 2 heterocycles. The number of nitrogens with zero attached hydrogens (tertiary/aromatic N) is 2. The van der Waals surface area contributed by atoms with Crippen molar-refractivity contribution in [3.05, 3.63) is 39.9 Å². The first-order valence-corrected chi connectivity index (χ1v) is 8.58. The van der Waals surface area contributed by atoms with E-state index in [-0.39, 0.29) is 11.0 Å². The molecule has 1 unspecified atom stereocenters. The topological polar surface area (TPSA) is 34.9 Å². The van der Waals surface area contributed by atoms with Crippen LogP contribution in [0.3, 0.4) is 0 Å². The van der Waals surface area contributed by atoms with Gasteiger partial charge in [0, 0.05) is 12.0 Å². The maximum Gasteiger partial charge on any atom is 0.261 e. The fourth-order valence-corrected chi connectivity index (χ4v) is 4.52. The van der Waals surface area contributed by atoms with Gasteiger partial charge in [0.15, 0.2) is 0 Å². The van der Waals surface area contributed by atoms with Crippen molar-refractivity contribution in [1.29, 1.82) is 0 Å². The molecule has 1 aromatic carbocycles. The third-order valence-electron chi connectivity index (χ3n) is 5.75. The average molecular weight is 296 g/mol. The molecule has 0 radical (unpaired) electrons. The minimum atomic E-state index is 0.0766. The van der Waals surface area contributed by atoms with Crippen LogP contribution in [0.25, 0.3) is 10.9 Å². The molecule has 1 atom stereocenters. The van der Waals surface area contributed by atoms with Crippen LogP contribution in [0.2, 0.25) is 0 Å². The Kier molecular flexibility index (Phi) is 3.14. The predicted octanol–water partition coefficient (Wildman–Crippen LogP) is 3.95. The minimum Gasteiger partial charge on any atom is -0.296 e. The summed E-state index contributed by atoms with van der Waals surface area (Å²) in [5, 5.41) is 0.772. The summed E-state index contributed by atoms with van der Waals surface area (Å²) in [6.45, 7) is 5.17. The molecule has 4 rings (SSSR count). The summed E-state index contributed by atoms with van der Waals surface area (Å²) >= 11 is 0. The number of aryl methyl sites for hydroxylation is 1. The predicted molar refractivity (Wildman–Crippen MR) is 89.3 cm³/mol. The molecule has 3 heteroatoms. The number of rotatable bonds is 2. The van der Waals surface area contributed by atoms with E-state index in [0.29, 0.717) is 0 Å². The van der Waals surface area contributed by atoms with Gasteiger partial charge in [0.25, 0.3) is 5.56 Å². The molecule has 1 aromatic heterocycles. The van der Waals surface area contributed by atoms with E-state index in [1.54, 1.807) is 0 Å². The quantitative estimate of drug-likeness (QED) is 0.841. The van der Waals surface area contributed by atoms with E-state index in [0.717, 1.165) is 41.2 Å². The van der Waals surface area contributed by atoms with Gasteiger partial charge in [0.2, 0.25) is 0 Å². The summed E-state index contributed by atoms with van der Waals surface area (Å²) < 4.78 is 1.94. The van der Waals surface area contributed by atoms with Crippen LogP contribution in [0.5, 0.6) is 0 Å². The third-order valence-corrected chi connectivity index (χ3v) is 5.75. The Morgan fingerprint density at radius 1 is 1.32 bits per heavy atom. The Hall–Kier alpha value is -1.64. The Labute approximate surface area is 131 Å². The van der Waals surface area contributed by atoms with Crippen molar-refractivity contribution in [2.75, 3.05) is 0 Å². The van der Waals surface area contributed by atoms with Gasteiger partial charge in [-0.05, 0) is 37.8 Å². The number of aromatic nitrogens is 2. The second-order valence-electron chi connectivity index (χ2n) is 7.58. The minimum absolute atomic E-state index is 0.0766. The Morgan fingerprint density at radius 2 is 2.09 bits per heavy atom. The molecule has 0 spiro atoms. The van der Waals surface area contributed by atoms with E-state index < -0.39 is 0 Å². The molecule has 0 N–H and O–H groups in total. The lowest BCUT2D eigenvalue weighted by Gasteiger charge is -2.26. The van der Waals surface area contributed by atoms with Crippen molar-refractivity contribution in [1.82, 2.24) is 9.55 Å². The lowest BCUT2D eigenvalue weighted by Crippen LogP contribution is -2.28. The van der Waals surface area contributed by atoms with Crippen LogP contribution < -0.4 is 5.56 Å². The van der Waals surface area contributed by atoms with Gasteiger partial charge in [-0.25, -0.2) is 4.98 Å². The third kappa shape index (κ3) is 2.10. The van der Waals surface area contributed by atoms with Crippen LogP contribution in [0.1, 0.15) is 56.8 Å². The van der Waals surface area contributed by atoms with Crippen LogP contribution in [-0.2, 0) is 12.0 Å². The van der Waals surface area contributed by atoms with E-state index in [1.807, 2.05) is 23.6 Å². The summed E-state index contributed by atoms with van der Waals surface area (Å²) in [7, 11) is 0. The molecular formula is C19H24N2O. The first kappa shape index (κ1) is 14.0. The number of benzene rings is 1. The van der Waals surface area contributed by atoms with Crippen molar-refractivity contribution in [2.45, 2.75) is 64.3 Å². The number of hydrogen-bond donors (Lipinski definition) is 0. The SMILES string of the molecule is Cc1ccc2nc3n(c(=O)c2c1)CCC3(C)CC1CCCC1. The Bertz CT molecular complexity index is 786. The van der Waals surface area contributed by atoms with E-state index in [9.17, 15) is 4.79 Å². The Balaban J connectivity index is 1.82. The van der Waals surface area contributed by atoms with Crippen LogP contribution in [0.15, 0.2) is 23.0 Å². The second-order valence-corrected chi connectivity index (χ2v) is 7.58. The molecule has 1 aliphatic carbocycles. The van der Waals surface area contributed by atoms with Gasteiger partial charge < -0.3 is 0 Å². The summed E-state index contributed by atoms with van der Waals surface area (Å²) in [4.78, 5) is 17.7. The lowest BCUT2D eigenvalue weighted by molar-refractivity contribution is 0.333. The van der Waals surface area contributed by atoms with Crippen LogP contribution in [0, 0.1) is 12.8 Å². The number of hydrogen-bond acceptors (Lipinski definition) is 2. The molecule has 116 valence electrons. The summed E-state index contributed by atoms with van der Waals surface area (Å²) in [6.07, 6.45) is 7.70. The van der Waals surface area contributed by atoms with Crippen molar-refractivity contribution >= 4 is 10.9 Å². The highest BCUT2D eigenvalue weighted by Gasteiger charge is 2.39. The molecule has 2 aromatic rings. The van der Waals surface area contributed by atoms with Gasteiger partial charge >= 0.3 is 0 Å². The molecule has 1 aliphatic heterocycles. The summed E-state index contributed by atoms with van der Waals surface area (Å²) in [5.74, 6) is 1.85. The van der Waals surface area contributed by atoms with E-state index >= 15 is 0 Å². The monoisotopic (exact) mass is 296 g/mol. The Morgan fingerprint density at radius 3 is 2.86 bits per heavy atom. The van der Waals surface area contributed by atoms with Crippen LogP contribution in [-0.4, -0.2) is 9.55 Å². The molecule has 22 heavy (non-hydrogen) atoms. The zero-order valence-corrected chi connectivity index (χ0v) is 13.6. The van der Waals surface area contributed by atoms with E-state index in [2.05, 4.69) is 13.0 Å². The fraction of sp³-hybridized carbons (Fsp3) is 0.579. The molecular weight excluding hydrogens is 272 g/mol. The van der Waals surface area contributed by atoms with Crippen molar-refractivity contribution in [3.8, 4) is 0 Å².